The van der Waals surface area contributed by atoms with Crippen molar-refractivity contribution in [3.8, 4) is 0 Å². The lowest BCUT2D eigenvalue weighted by molar-refractivity contribution is 0.585. The zero-order valence-electron chi connectivity index (χ0n) is 10.9. The first-order valence-electron chi connectivity index (χ1n) is 6.78. The van der Waals surface area contributed by atoms with Crippen LogP contribution in [-0.2, 0) is 16.4 Å². The van der Waals surface area contributed by atoms with E-state index in [1.807, 2.05) is 24.3 Å². The molecule has 0 amide bonds. The first-order chi connectivity index (χ1) is 9.12. The second kappa shape index (κ2) is 6.75. The Labute approximate surface area is 124 Å². The number of benzene rings is 1. The predicted octanol–water partition coefficient (Wildman–Crippen LogP) is 3.70. The van der Waals surface area contributed by atoms with E-state index in [9.17, 15) is 8.42 Å². The van der Waals surface area contributed by atoms with Gasteiger partial charge in [0.05, 0.1) is 5.25 Å². The molecule has 3 nitrogen and oxygen atoms in total. The Kier molecular flexibility index (Phi) is 5.28. The maximum Gasteiger partial charge on any atom is 0.235 e. The quantitative estimate of drug-likeness (QED) is 0.799. The van der Waals surface area contributed by atoms with Crippen molar-refractivity contribution in [2.45, 2.75) is 43.8 Å². The van der Waals surface area contributed by atoms with Gasteiger partial charge in [-0.3, -0.25) is 4.72 Å². The number of aryl methyl sites for hydroxylation is 1. The third-order valence-corrected chi connectivity index (χ3v) is 5.96. The predicted molar refractivity (Wildman–Crippen MR) is 83.4 cm³/mol. The van der Waals surface area contributed by atoms with Crippen LogP contribution in [0.1, 0.15) is 37.7 Å². The van der Waals surface area contributed by atoms with Gasteiger partial charge in [-0.25, -0.2) is 8.42 Å². The largest absolute Gasteiger partial charge is 0.283 e. The minimum Gasteiger partial charge on any atom is -0.283 e. The molecule has 106 valence electrons. The molecule has 2 rings (SSSR count). The van der Waals surface area contributed by atoms with Crippen LogP contribution in [0.3, 0.4) is 0 Å². The molecule has 0 saturated heterocycles. The van der Waals surface area contributed by atoms with Crippen LogP contribution in [0.15, 0.2) is 24.3 Å². The molecule has 5 heteroatoms. The minimum absolute atomic E-state index is 0.210. The van der Waals surface area contributed by atoms with Crippen LogP contribution < -0.4 is 4.72 Å². The molecule has 0 aromatic heterocycles. The Balaban J connectivity index is 2.05. The Morgan fingerprint density at radius 3 is 2.68 bits per heavy atom. The van der Waals surface area contributed by atoms with Crippen LogP contribution in [-0.4, -0.2) is 19.0 Å². The van der Waals surface area contributed by atoms with Crippen molar-refractivity contribution in [3.63, 3.8) is 0 Å². The Bertz CT molecular complexity index is 510. The molecule has 1 aromatic carbocycles. The molecule has 1 N–H and O–H groups in total. The summed E-state index contributed by atoms with van der Waals surface area (Å²) in [7, 11) is -3.21. The van der Waals surface area contributed by atoms with E-state index < -0.39 is 10.0 Å². The molecule has 0 radical (unpaired) electrons. The molecule has 0 atom stereocenters. The molecule has 0 heterocycles. The lowest BCUT2D eigenvalue weighted by Crippen LogP contribution is -2.25. The molecule has 1 aromatic rings. The molecule has 0 spiro atoms. The van der Waals surface area contributed by atoms with Crippen LogP contribution in [0, 0.1) is 0 Å². The Morgan fingerprint density at radius 2 is 2.00 bits per heavy atom. The van der Waals surface area contributed by atoms with Gasteiger partial charge in [0.2, 0.25) is 10.0 Å². The van der Waals surface area contributed by atoms with Crippen molar-refractivity contribution in [3.05, 3.63) is 29.8 Å². The fourth-order valence-electron chi connectivity index (χ4n) is 2.51. The summed E-state index contributed by atoms with van der Waals surface area (Å²) in [5.41, 5.74) is 1.87. The van der Waals surface area contributed by atoms with E-state index in [4.69, 9.17) is 0 Å². The molecular formula is C14H20BrNO2S. The van der Waals surface area contributed by atoms with E-state index in [1.54, 1.807) is 0 Å². The molecule has 1 fully saturated rings. The van der Waals surface area contributed by atoms with Gasteiger partial charge in [0.15, 0.2) is 0 Å². The van der Waals surface area contributed by atoms with Crippen LogP contribution in [0.4, 0.5) is 5.69 Å². The number of nitrogens with one attached hydrogen (secondary N) is 1. The topological polar surface area (TPSA) is 46.2 Å². The van der Waals surface area contributed by atoms with Crippen molar-refractivity contribution < 1.29 is 8.42 Å². The lowest BCUT2D eigenvalue weighted by Gasteiger charge is -2.14. The van der Waals surface area contributed by atoms with Gasteiger partial charge in [-0.15, -0.1) is 0 Å². The SMILES string of the molecule is O=S(=O)(Nc1cccc(CCCBr)c1)C1CCCC1. The van der Waals surface area contributed by atoms with Crippen LogP contribution >= 0.6 is 15.9 Å². The zero-order chi connectivity index (χ0) is 13.7. The molecule has 19 heavy (non-hydrogen) atoms. The standard InChI is InChI=1S/C14H20BrNO2S/c15-10-4-6-12-5-3-7-13(11-12)16-19(17,18)14-8-1-2-9-14/h3,5,7,11,14,16H,1-2,4,6,8-10H2. The van der Waals surface area contributed by atoms with Gasteiger partial charge in [0, 0.05) is 11.0 Å². The van der Waals surface area contributed by atoms with Crippen molar-refractivity contribution in [1.29, 1.82) is 0 Å². The summed E-state index contributed by atoms with van der Waals surface area (Å²) >= 11 is 3.41. The number of rotatable bonds is 6. The van der Waals surface area contributed by atoms with Gasteiger partial charge in [0.1, 0.15) is 0 Å². The summed E-state index contributed by atoms with van der Waals surface area (Å²) in [5, 5.41) is 0.754. The Hall–Kier alpha value is -0.550. The van der Waals surface area contributed by atoms with Crippen molar-refractivity contribution >= 4 is 31.6 Å². The van der Waals surface area contributed by atoms with E-state index in [1.165, 1.54) is 5.56 Å². The minimum atomic E-state index is -3.21. The number of anilines is 1. The van der Waals surface area contributed by atoms with Crippen LogP contribution in [0.2, 0.25) is 0 Å². The molecule has 0 aliphatic heterocycles. The average molecular weight is 346 g/mol. The highest BCUT2D eigenvalue weighted by atomic mass is 79.9. The van der Waals surface area contributed by atoms with E-state index in [-0.39, 0.29) is 5.25 Å². The smallest absolute Gasteiger partial charge is 0.235 e. The average Bonchev–Trinajstić information content (AvgIpc) is 2.91. The fourth-order valence-corrected chi connectivity index (χ4v) is 4.36. The van der Waals surface area contributed by atoms with Gasteiger partial charge in [-0.2, -0.15) is 0 Å². The summed E-state index contributed by atoms with van der Waals surface area (Å²) in [6.07, 6.45) is 5.65. The normalized spacial score (nSPS) is 16.7. The monoisotopic (exact) mass is 345 g/mol. The fraction of sp³-hybridized carbons (Fsp3) is 0.571. The Morgan fingerprint density at radius 1 is 1.26 bits per heavy atom. The van der Waals surface area contributed by atoms with Crippen LogP contribution in [0.5, 0.6) is 0 Å². The molecule has 1 aliphatic rings. The summed E-state index contributed by atoms with van der Waals surface area (Å²) in [6, 6.07) is 7.71. The second-order valence-corrected chi connectivity index (χ2v) is 7.80. The molecule has 0 bridgehead atoms. The van der Waals surface area contributed by atoms with Crippen LogP contribution in [0.25, 0.3) is 0 Å². The van der Waals surface area contributed by atoms with E-state index in [0.717, 1.165) is 43.9 Å². The lowest BCUT2D eigenvalue weighted by atomic mass is 10.1. The molecular weight excluding hydrogens is 326 g/mol. The highest BCUT2D eigenvalue weighted by Gasteiger charge is 2.28. The highest BCUT2D eigenvalue weighted by molar-refractivity contribution is 9.09. The summed E-state index contributed by atoms with van der Waals surface area (Å²) in [5.74, 6) is 0. The van der Waals surface area contributed by atoms with Gasteiger partial charge >= 0.3 is 0 Å². The number of sulfonamides is 1. The van der Waals surface area contributed by atoms with Crippen molar-refractivity contribution in [1.82, 2.24) is 0 Å². The summed E-state index contributed by atoms with van der Waals surface area (Å²) in [4.78, 5) is 0. The zero-order valence-corrected chi connectivity index (χ0v) is 13.3. The van der Waals surface area contributed by atoms with Gasteiger partial charge in [0.25, 0.3) is 0 Å². The maximum atomic E-state index is 12.2. The molecule has 0 unspecified atom stereocenters. The third kappa shape index (κ3) is 4.21. The first kappa shape index (κ1) is 14.9. The summed E-state index contributed by atoms with van der Waals surface area (Å²) in [6.45, 7) is 0. The van der Waals surface area contributed by atoms with E-state index in [0.29, 0.717) is 5.69 Å². The van der Waals surface area contributed by atoms with Gasteiger partial charge < -0.3 is 0 Å². The summed E-state index contributed by atoms with van der Waals surface area (Å²) < 4.78 is 27.2. The maximum absolute atomic E-state index is 12.2. The number of hydrogen-bond acceptors (Lipinski definition) is 2. The molecule has 1 saturated carbocycles. The third-order valence-electron chi connectivity index (χ3n) is 3.53. The van der Waals surface area contributed by atoms with E-state index in [2.05, 4.69) is 20.7 Å². The molecule has 1 aliphatic carbocycles. The van der Waals surface area contributed by atoms with Gasteiger partial charge in [-0.05, 0) is 43.4 Å². The second-order valence-electron chi connectivity index (χ2n) is 5.05. The highest BCUT2D eigenvalue weighted by Crippen LogP contribution is 2.26. The first-order valence-corrected chi connectivity index (χ1v) is 9.45. The van der Waals surface area contributed by atoms with Crippen molar-refractivity contribution in [2.24, 2.45) is 0 Å². The van der Waals surface area contributed by atoms with E-state index >= 15 is 0 Å². The number of alkyl halides is 1. The van der Waals surface area contributed by atoms with Gasteiger partial charge in [-0.1, -0.05) is 40.9 Å². The number of halogens is 1. The number of hydrogen-bond donors (Lipinski definition) is 1. The van der Waals surface area contributed by atoms with Crippen molar-refractivity contribution in [2.75, 3.05) is 10.1 Å².